The van der Waals surface area contributed by atoms with Gasteiger partial charge in [0.1, 0.15) is 11.8 Å². The van der Waals surface area contributed by atoms with E-state index in [4.69, 9.17) is 27.9 Å². The van der Waals surface area contributed by atoms with Gasteiger partial charge in [0.05, 0.1) is 13.3 Å². The molecule has 6 heteroatoms. The van der Waals surface area contributed by atoms with E-state index in [1.54, 1.807) is 36.2 Å². The molecule has 1 N–H and O–H groups in total. The second-order valence-corrected chi connectivity index (χ2v) is 5.55. The van der Waals surface area contributed by atoms with Gasteiger partial charge in [0.25, 0.3) is 0 Å². The molecule has 108 valence electrons. The number of aliphatic hydroxyl groups excluding tert-OH is 1. The summed E-state index contributed by atoms with van der Waals surface area (Å²) in [7, 11) is 1.54. The van der Waals surface area contributed by atoms with Crippen molar-refractivity contribution in [1.82, 2.24) is 9.78 Å². The molecule has 0 amide bonds. The first-order valence-electron chi connectivity index (χ1n) is 6.20. The zero-order chi connectivity index (χ0) is 14.9. The van der Waals surface area contributed by atoms with Gasteiger partial charge in [-0.15, -0.1) is 0 Å². The van der Waals surface area contributed by atoms with Crippen LogP contribution < -0.4 is 4.74 Å². The van der Waals surface area contributed by atoms with E-state index >= 15 is 0 Å². The van der Waals surface area contributed by atoms with Crippen LogP contribution in [0.15, 0.2) is 24.4 Å². The SMILES string of the molecule is COc1cnn(C(C)C)c1C(O)c1ccc(Cl)cc1Cl. The van der Waals surface area contributed by atoms with Crippen molar-refractivity contribution in [2.45, 2.75) is 26.0 Å². The maximum atomic E-state index is 10.6. The Morgan fingerprint density at radius 1 is 1.30 bits per heavy atom. The van der Waals surface area contributed by atoms with E-state index < -0.39 is 6.10 Å². The van der Waals surface area contributed by atoms with E-state index in [1.165, 1.54) is 0 Å². The van der Waals surface area contributed by atoms with E-state index in [0.29, 0.717) is 27.1 Å². The summed E-state index contributed by atoms with van der Waals surface area (Å²) in [5, 5.41) is 15.8. The molecule has 20 heavy (non-hydrogen) atoms. The molecule has 2 aromatic rings. The van der Waals surface area contributed by atoms with E-state index in [9.17, 15) is 5.11 Å². The fraction of sp³-hybridized carbons (Fsp3) is 0.357. The zero-order valence-corrected chi connectivity index (χ0v) is 13.0. The van der Waals surface area contributed by atoms with Crippen molar-refractivity contribution in [3.63, 3.8) is 0 Å². The molecule has 1 unspecified atom stereocenters. The Hall–Kier alpha value is -1.23. The summed E-state index contributed by atoms with van der Waals surface area (Å²) in [5.41, 5.74) is 1.14. The van der Waals surface area contributed by atoms with Crippen molar-refractivity contribution < 1.29 is 9.84 Å². The number of aromatic nitrogens is 2. The molecule has 1 aromatic carbocycles. The Kier molecular flexibility index (Phi) is 4.58. The molecule has 2 rings (SSSR count). The Bertz CT molecular complexity index is 611. The summed E-state index contributed by atoms with van der Waals surface area (Å²) in [6.07, 6.45) is 0.655. The molecule has 0 aliphatic carbocycles. The van der Waals surface area contributed by atoms with Crippen LogP contribution in [0.3, 0.4) is 0 Å². The number of aliphatic hydroxyl groups is 1. The molecule has 0 radical (unpaired) electrons. The van der Waals surface area contributed by atoms with Gasteiger partial charge in [-0.05, 0) is 26.0 Å². The Balaban J connectivity index is 2.52. The monoisotopic (exact) mass is 314 g/mol. The second-order valence-electron chi connectivity index (χ2n) is 4.70. The summed E-state index contributed by atoms with van der Waals surface area (Å²) in [4.78, 5) is 0. The highest BCUT2D eigenvalue weighted by molar-refractivity contribution is 6.35. The molecule has 0 spiro atoms. The van der Waals surface area contributed by atoms with Gasteiger partial charge < -0.3 is 9.84 Å². The summed E-state index contributed by atoms with van der Waals surface area (Å²) >= 11 is 12.0. The highest BCUT2D eigenvalue weighted by Gasteiger charge is 2.24. The van der Waals surface area contributed by atoms with Gasteiger partial charge >= 0.3 is 0 Å². The lowest BCUT2D eigenvalue weighted by atomic mass is 10.1. The van der Waals surface area contributed by atoms with E-state index in [0.717, 1.165) is 0 Å². The van der Waals surface area contributed by atoms with Crippen molar-refractivity contribution in [3.8, 4) is 5.75 Å². The molecule has 0 fully saturated rings. The minimum Gasteiger partial charge on any atom is -0.493 e. The third-order valence-corrected chi connectivity index (χ3v) is 3.59. The molecule has 0 aliphatic heterocycles. The maximum absolute atomic E-state index is 10.6. The average Bonchev–Trinajstić information content (AvgIpc) is 2.81. The molecule has 4 nitrogen and oxygen atoms in total. The van der Waals surface area contributed by atoms with Gasteiger partial charge in [0.15, 0.2) is 5.75 Å². The summed E-state index contributed by atoms with van der Waals surface area (Å²) in [5.74, 6) is 0.525. The normalized spacial score (nSPS) is 12.8. The lowest BCUT2D eigenvalue weighted by Crippen LogP contribution is -2.13. The topological polar surface area (TPSA) is 47.3 Å². The number of ether oxygens (including phenoxy) is 1. The predicted octanol–water partition coefficient (Wildman–Crippen LogP) is 3.86. The molecule has 0 saturated heterocycles. The van der Waals surface area contributed by atoms with Gasteiger partial charge in [-0.1, -0.05) is 29.3 Å². The third kappa shape index (κ3) is 2.77. The third-order valence-electron chi connectivity index (χ3n) is 3.02. The predicted molar refractivity (Wildman–Crippen MR) is 79.7 cm³/mol. The molecule has 1 heterocycles. The van der Waals surface area contributed by atoms with E-state index in [2.05, 4.69) is 5.10 Å². The summed E-state index contributed by atoms with van der Waals surface area (Å²) < 4.78 is 6.99. The minimum absolute atomic E-state index is 0.0922. The second kappa shape index (κ2) is 6.04. The lowest BCUT2D eigenvalue weighted by molar-refractivity contribution is 0.199. The molecule has 0 aliphatic rings. The number of rotatable bonds is 4. The van der Waals surface area contributed by atoms with E-state index in [1.807, 2.05) is 13.8 Å². The van der Waals surface area contributed by atoms with Crippen molar-refractivity contribution in [3.05, 3.63) is 45.7 Å². The van der Waals surface area contributed by atoms with Crippen molar-refractivity contribution in [2.75, 3.05) is 7.11 Å². The van der Waals surface area contributed by atoms with Crippen LogP contribution in [0.2, 0.25) is 10.0 Å². The molecular weight excluding hydrogens is 299 g/mol. The van der Waals surface area contributed by atoms with Crippen LogP contribution in [-0.4, -0.2) is 22.0 Å². The lowest BCUT2D eigenvalue weighted by Gasteiger charge is -2.18. The van der Waals surface area contributed by atoms with Crippen LogP contribution in [0.5, 0.6) is 5.75 Å². The molecule has 1 aromatic heterocycles. The average molecular weight is 315 g/mol. The largest absolute Gasteiger partial charge is 0.493 e. The van der Waals surface area contributed by atoms with Crippen LogP contribution in [0.4, 0.5) is 0 Å². The number of nitrogens with zero attached hydrogens (tertiary/aromatic N) is 2. The fourth-order valence-corrected chi connectivity index (χ4v) is 2.57. The Morgan fingerprint density at radius 2 is 2.00 bits per heavy atom. The van der Waals surface area contributed by atoms with Gasteiger partial charge in [-0.3, -0.25) is 4.68 Å². The molecule has 0 saturated carbocycles. The zero-order valence-electron chi connectivity index (χ0n) is 11.5. The fourth-order valence-electron chi connectivity index (χ4n) is 2.06. The highest BCUT2D eigenvalue weighted by atomic mass is 35.5. The maximum Gasteiger partial charge on any atom is 0.163 e. The Morgan fingerprint density at radius 3 is 2.55 bits per heavy atom. The molecule has 0 bridgehead atoms. The standard InChI is InChI=1S/C14H16Cl2N2O2/c1-8(2)18-13(12(20-3)7-17-18)14(19)10-5-4-9(15)6-11(10)16/h4-8,14,19H,1-3H3. The summed E-state index contributed by atoms with van der Waals surface area (Å²) in [6.45, 7) is 3.96. The van der Waals surface area contributed by atoms with Crippen LogP contribution >= 0.6 is 23.2 Å². The minimum atomic E-state index is -0.931. The Labute approximate surface area is 127 Å². The number of hydrogen-bond donors (Lipinski definition) is 1. The molecule has 1 atom stereocenters. The van der Waals surface area contributed by atoms with Crippen LogP contribution in [0.1, 0.15) is 37.3 Å². The first-order chi connectivity index (χ1) is 9.45. The van der Waals surface area contributed by atoms with Crippen LogP contribution in [0.25, 0.3) is 0 Å². The smallest absolute Gasteiger partial charge is 0.163 e. The van der Waals surface area contributed by atoms with Gasteiger partial charge in [0, 0.05) is 21.7 Å². The first-order valence-corrected chi connectivity index (χ1v) is 6.95. The van der Waals surface area contributed by atoms with Gasteiger partial charge in [0.2, 0.25) is 0 Å². The highest BCUT2D eigenvalue weighted by Crippen LogP contribution is 2.35. The molecular formula is C14H16Cl2N2O2. The van der Waals surface area contributed by atoms with Crippen molar-refractivity contribution in [2.24, 2.45) is 0 Å². The van der Waals surface area contributed by atoms with Crippen LogP contribution in [0, 0.1) is 0 Å². The van der Waals surface area contributed by atoms with Gasteiger partial charge in [-0.25, -0.2) is 0 Å². The van der Waals surface area contributed by atoms with Crippen LogP contribution in [-0.2, 0) is 0 Å². The number of benzene rings is 1. The quantitative estimate of drug-likeness (QED) is 0.932. The van der Waals surface area contributed by atoms with Gasteiger partial charge in [-0.2, -0.15) is 5.10 Å². The number of methoxy groups -OCH3 is 1. The van der Waals surface area contributed by atoms with E-state index in [-0.39, 0.29) is 6.04 Å². The van der Waals surface area contributed by atoms with Crippen molar-refractivity contribution >= 4 is 23.2 Å². The first kappa shape index (κ1) is 15.2. The van der Waals surface area contributed by atoms with Crippen molar-refractivity contribution in [1.29, 1.82) is 0 Å². The number of halogens is 2. The number of hydrogen-bond acceptors (Lipinski definition) is 3. The summed E-state index contributed by atoms with van der Waals surface area (Å²) in [6, 6.07) is 5.08.